The number of carbonyl (C=O) groups is 1. The quantitative estimate of drug-likeness (QED) is 0.828. The maximum absolute atomic E-state index is 11.6. The first-order valence-electron chi connectivity index (χ1n) is 5.97. The zero-order valence-electron chi connectivity index (χ0n) is 10.4. The van der Waals surface area contributed by atoms with E-state index in [1.807, 2.05) is 26.1 Å². The second kappa shape index (κ2) is 4.75. The van der Waals surface area contributed by atoms with E-state index in [4.69, 9.17) is 5.73 Å². The molecule has 0 bridgehead atoms. The summed E-state index contributed by atoms with van der Waals surface area (Å²) in [6, 6.07) is 6.24. The first kappa shape index (κ1) is 11.9. The van der Waals surface area contributed by atoms with Crippen molar-refractivity contribution in [2.75, 3.05) is 23.8 Å². The predicted octanol–water partition coefficient (Wildman–Crippen LogP) is 1.35. The van der Waals surface area contributed by atoms with E-state index in [-0.39, 0.29) is 11.9 Å². The molecular weight excluding hydrogens is 214 g/mol. The van der Waals surface area contributed by atoms with Crippen molar-refractivity contribution in [2.24, 2.45) is 5.73 Å². The Bertz CT molecular complexity index is 429. The Morgan fingerprint density at radius 2 is 2.24 bits per heavy atom. The molecule has 1 amide bonds. The summed E-state index contributed by atoms with van der Waals surface area (Å²) in [5.74, 6) is 0.189. The minimum Gasteiger partial charge on any atom is -0.383 e. The highest BCUT2D eigenvalue weighted by Gasteiger charge is 2.20. The predicted molar refractivity (Wildman–Crippen MR) is 70.3 cm³/mol. The highest BCUT2D eigenvalue weighted by atomic mass is 16.2. The molecule has 1 aromatic rings. The molecule has 1 heterocycles. The van der Waals surface area contributed by atoms with Gasteiger partial charge in [-0.1, -0.05) is 0 Å². The minimum absolute atomic E-state index is 0.135. The van der Waals surface area contributed by atoms with Crippen molar-refractivity contribution in [3.05, 3.63) is 23.8 Å². The molecule has 1 unspecified atom stereocenters. The van der Waals surface area contributed by atoms with Crippen molar-refractivity contribution in [3.63, 3.8) is 0 Å². The van der Waals surface area contributed by atoms with Gasteiger partial charge in [0, 0.05) is 37.4 Å². The summed E-state index contributed by atoms with van der Waals surface area (Å²) in [6.07, 6.45) is 1.42. The van der Waals surface area contributed by atoms with Crippen LogP contribution >= 0.6 is 0 Å². The fourth-order valence-corrected chi connectivity index (χ4v) is 2.05. The number of nitrogens with zero attached hydrogens (tertiary/aromatic N) is 1. The van der Waals surface area contributed by atoms with Crippen molar-refractivity contribution in [1.29, 1.82) is 0 Å². The fraction of sp³-hybridized carbons (Fsp3) is 0.462. The lowest BCUT2D eigenvalue weighted by Gasteiger charge is -2.26. The molecule has 2 rings (SSSR count). The van der Waals surface area contributed by atoms with Crippen molar-refractivity contribution in [2.45, 2.75) is 25.8 Å². The average Bonchev–Trinajstić information content (AvgIpc) is 2.31. The lowest BCUT2D eigenvalue weighted by Crippen LogP contribution is -2.31. The summed E-state index contributed by atoms with van der Waals surface area (Å²) < 4.78 is 0. The Labute approximate surface area is 102 Å². The molecule has 0 spiro atoms. The van der Waals surface area contributed by atoms with Crippen molar-refractivity contribution < 1.29 is 4.79 Å². The average molecular weight is 233 g/mol. The van der Waals surface area contributed by atoms with Crippen LogP contribution in [0.1, 0.15) is 18.9 Å². The van der Waals surface area contributed by atoms with Crippen molar-refractivity contribution in [1.82, 2.24) is 0 Å². The number of nitrogens with one attached hydrogen (secondary N) is 1. The van der Waals surface area contributed by atoms with Crippen LogP contribution in [0.2, 0.25) is 0 Å². The number of hydrogen-bond acceptors (Lipinski definition) is 3. The zero-order chi connectivity index (χ0) is 12.4. The van der Waals surface area contributed by atoms with Crippen LogP contribution in [0.4, 0.5) is 11.4 Å². The van der Waals surface area contributed by atoms with Gasteiger partial charge in [0.05, 0.1) is 0 Å². The topological polar surface area (TPSA) is 58.4 Å². The number of nitrogens with two attached hydrogens (primary N) is 1. The number of aryl methyl sites for hydroxylation is 1. The molecule has 0 aromatic heterocycles. The highest BCUT2D eigenvalue weighted by molar-refractivity contribution is 5.96. The number of rotatable bonds is 3. The summed E-state index contributed by atoms with van der Waals surface area (Å²) in [5.41, 5.74) is 9.02. The van der Waals surface area contributed by atoms with Crippen molar-refractivity contribution in [3.8, 4) is 0 Å². The van der Waals surface area contributed by atoms with Crippen LogP contribution in [0, 0.1) is 0 Å². The first-order chi connectivity index (χ1) is 8.08. The summed E-state index contributed by atoms with van der Waals surface area (Å²) >= 11 is 0. The van der Waals surface area contributed by atoms with Gasteiger partial charge in [0.2, 0.25) is 5.91 Å². The van der Waals surface area contributed by atoms with E-state index in [1.54, 1.807) is 4.90 Å². The van der Waals surface area contributed by atoms with E-state index in [2.05, 4.69) is 11.4 Å². The lowest BCUT2D eigenvalue weighted by atomic mass is 10.0. The maximum Gasteiger partial charge on any atom is 0.227 e. The smallest absolute Gasteiger partial charge is 0.227 e. The van der Waals surface area contributed by atoms with E-state index in [1.165, 1.54) is 5.56 Å². The molecule has 1 aliphatic heterocycles. The molecule has 4 heteroatoms. The molecule has 1 aromatic carbocycles. The van der Waals surface area contributed by atoms with Gasteiger partial charge in [0.25, 0.3) is 0 Å². The number of hydrogen-bond donors (Lipinski definition) is 2. The number of amides is 1. The van der Waals surface area contributed by atoms with Gasteiger partial charge in [-0.15, -0.1) is 0 Å². The fourth-order valence-electron chi connectivity index (χ4n) is 2.05. The maximum atomic E-state index is 11.6. The van der Waals surface area contributed by atoms with E-state index >= 15 is 0 Å². The van der Waals surface area contributed by atoms with Crippen LogP contribution in [-0.2, 0) is 11.2 Å². The van der Waals surface area contributed by atoms with Crippen LogP contribution in [-0.4, -0.2) is 25.5 Å². The van der Waals surface area contributed by atoms with Crippen LogP contribution in [0.3, 0.4) is 0 Å². The van der Waals surface area contributed by atoms with Gasteiger partial charge in [-0.25, -0.2) is 0 Å². The largest absolute Gasteiger partial charge is 0.383 e. The summed E-state index contributed by atoms with van der Waals surface area (Å²) in [7, 11) is 1.83. The molecular formula is C13H19N3O. The summed E-state index contributed by atoms with van der Waals surface area (Å²) in [5, 5.41) is 3.29. The van der Waals surface area contributed by atoms with E-state index in [0.717, 1.165) is 24.3 Å². The molecule has 0 fully saturated rings. The van der Waals surface area contributed by atoms with Gasteiger partial charge in [-0.2, -0.15) is 0 Å². The molecule has 0 saturated heterocycles. The minimum atomic E-state index is 0.135. The SMILES string of the molecule is CC(N)CNc1ccc2c(c1)CCC(=O)N2C. The molecule has 17 heavy (non-hydrogen) atoms. The normalized spacial score (nSPS) is 16.6. The third-order valence-electron chi connectivity index (χ3n) is 3.05. The molecule has 1 atom stereocenters. The van der Waals surface area contributed by atoms with Gasteiger partial charge in [0.15, 0.2) is 0 Å². The molecule has 92 valence electrons. The standard InChI is InChI=1S/C13H19N3O/c1-9(14)8-15-11-4-5-12-10(7-11)3-6-13(17)16(12)2/h4-5,7,9,15H,3,6,8,14H2,1-2H3. The number of benzene rings is 1. The molecule has 0 radical (unpaired) electrons. The Hall–Kier alpha value is -1.55. The Kier molecular flexibility index (Phi) is 3.33. The molecule has 4 nitrogen and oxygen atoms in total. The Morgan fingerprint density at radius 3 is 2.94 bits per heavy atom. The second-order valence-corrected chi connectivity index (χ2v) is 4.65. The van der Waals surface area contributed by atoms with Crippen LogP contribution < -0.4 is 16.0 Å². The van der Waals surface area contributed by atoms with E-state index < -0.39 is 0 Å². The molecule has 1 aliphatic rings. The monoisotopic (exact) mass is 233 g/mol. The van der Waals surface area contributed by atoms with E-state index in [0.29, 0.717) is 6.42 Å². The molecule has 0 aliphatic carbocycles. The molecule has 0 saturated carbocycles. The van der Waals surface area contributed by atoms with Gasteiger partial charge < -0.3 is 16.0 Å². The van der Waals surface area contributed by atoms with Crippen LogP contribution in [0.25, 0.3) is 0 Å². The van der Waals surface area contributed by atoms with Gasteiger partial charge >= 0.3 is 0 Å². The number of carbonyl (C=O) groups excluding carboxylic acids is 1. The highest BCUT2D eigenvalue weighted by Crippen LogP contribution is 2.29. The molecule has 3 N–H and O–H groups in total. The summed E-state index contributed by atoms with van der Waals surface area (Å²) in [4.78, 5) is 13.3. The van der Waals surface area contributed by atoms with Crippen LogP contribution in [0.15, 0.2) is 18.2 Å². The third-order valence-corrected chi connectivity index (χ3v) is 3.05. The summed E-state index contributed by atoms with van der Waals surface area (Å²) in [6.45, 7) is 2.73. The lowest BCUT2D eigenvalue weighted by molar-refractivity contribution is -0.118. The van der Waals surface area contributed by atoms with Gasteiger partial charge in [0.1, 0.15) is 0 Å². The van der Waals surface area contributed by atoms with Gasteiger partial charge in [-0.05, 0) is 37.1 Å². The first-order valence-corrected chi connectivity index (χ1v) is 5.97. The Balaban J connectivity index is 2.17. The zero-order valence-corrected chi connectivity index (χ0v) is 10.4. The number of anilines is 2. The van der Waals surface area contributed by atoms with Crippen LogP contribution in [0.5, 0.6) is 0 Å². The second-order valence-electron chi connectivity index (χ2n) is 4.65. The van der Waals surface area contributed by atoms with Crippen molar-refractivity contribution >= 4 is 17.3 Å². The van der Waals surface area contributed by atoms with E-state index in [9.17, 15) is 4.79 Å². The number of fused-ring (bicyclic) bond motifs is 1. The third kappa shape index (κ3) is 2.58. The Morgan fingerprint density at radius 1 is 1.47 bits per heavy atom. The van der Waals surface area contributed by atoms with Gasteiger partial charge in [-0.3, -0.25) is 4.79 Å².